The normalized spacial score (nSPS) is 13.9. The summed E-state index contributed by atoms with van der Waals surface area (Å²) in [6.45, 7) is 4.74. The fourth-order valence-corrected chi connectivity index (χ4v) is 1.68. The first-order valence-corrected chi connectivity index (χ1v) is 5.28. The number of hydrogen-bond acceptors (Lipinski definition) is 3. The molecule has 1 aromatic carbocycles. The van der Waals surface area contributed by atoms with Gasteiger partial charge in [0.1, 0.15) is 5.71 Å². The zero-order chi connectivity index (χ0) is 11.3. The standard InChI is InChI=1S/C11H15ClN2O/c1-3-13-8(2)11(14-15)9-6-4-5-7-10(9)12/h4-8,13,15H,3H2,1-2H3. The van der Waals surface area contributed by atoms with E-state index in [1.54, 1.807) is 6.07 Å². The molecule has 1 rings (SSSR count). The van der Waals surface area contributed by atoms with Crippen molar-refractivity contribution in [1.29, 1.82) is 0 Å². The number of hydrogen-bond donors (Lipinski definition) is 2. The summed E-state index contributed by atoms with van der Waals surface area (Å²) in [5.74, 6) is 0. The van der Waals surface area contributed by atoms with E-state index in [4.69, 9.17) is 16.8 Å². The van der Waals surface area contributed by atoms with Gasteiger partial charge in [0.25, 0.3) is 0 Å². The van der Waals surface area contributed by atoms with Crippen molar-refractivity contribution in [3.8, 4) is 0 Å². The smallest absolute Gasteiger partial charge is 0.105 e. The molecule has 0 aliphatic carbocycles. The zero-order valence-corrected chi connectivity index (χ0v) is 9.62. The maximum Gasteiger partial charge on any atom is 0.105 e. The van der Waals surface area contributed by atoms with E-state index in [1.165, 1.54) is 0 Å². The molecule has 0 spiro atoms. The van der Waals surface area contributed by atoms with Crippen molar-refractivity contribution in [3.05, 3.63) is 34.9 Å². The first-order chi connectivity index (χ1) is 7.20. The Morgan fingerprint density at radius 1 is 1.53 bits per heavy atom. The van der Waals surface area contributed by atoms with Gasteiger partial charge in [0.05, 0.1) is 6.04 Å². The summed E-state index contributed by atoms with van der Waals surface area (Å²) in [6, 6.07) is 7.30. The molecule has 15 heavy (non-hydrogen) atoms. The van der Waals surface area contributed by atoms with E-state index < -0.39 is 0 Å². The Kier molecular flexibility index (Phi) is 4.59. The van der Waals surface area contributed by atoms with Crippen LogP contribution in [-0.4, -0.2) is 23.5 Å². The third-order valence-electron chi connectivity index (χ3n) is 2.18. The minimum absolute atomic E-state index is 0.0279. The molecule has 0 bridgehead atoms. The molecule has 0 saturated carbocycles. The van der Waals surface area contributed by atoms with Gasteiger partial charge >= 0.3 is 0 Å². The van der Waals surface area contributed by atoms with Gasteiger partial charge in [-0.25, -0.2) is 0 Å². The van der Waals surface area contributed by atoms with Crippen molar-refractivity contribution in [2.75, 3.05) is 6.54 Å². The average Bonchev–Trinajstić information content (AvgIpc) is 2.22. The zero-order valence-electron chi connectivity index (χ0n) is 8.87. The lowest BCUT2D eigenvalue weighted by Crippen LogP contribution is -2.34. The molecule has 0 radical (unpaired) electrons. The third kappa shape index (κ3) is 2.94. The molecular weight excluding hydrogens is 212 g/mol. The molecule has 0 fully saturated rings. The quantitative estimate of drug-likeness (QED) is 0.471. The lowest BCUT2D eigenvalue weighted by molar-refractivity contribution is 0.316. The third-order valence-corrected chi connectivity index (χ3v) is 2.51. The highest BCUT2D eigenvalue weighted by Crippen LogP contribution is 2.17. The Hall–Kier alpha value is -1.06. The lowest BCUT2D eigenvalue weighted by atomic mass is 10.0. The number of nitrogens with one attached hydrogen (secondary N) is 1. The molecule has 1 aromatic rings. The molecule has 0 heterocycles. The van der Waals surface area contributed by atoms with Gasteiger partial charge in [0, 0.05) is 10.6 Å². The number of rotatable bonds is 4. The predicted molar refractivity (Wildman–Crippen MR) is 62.9 cm³/mol. The fourth-order valence-electron chi connectivity index (χ4n) is 1.45. The maximum atomic E-state index is 8.99. The highest BCUT2D eigenvalue weighted by molar-refractivity contribution is 6.34. The summed E-state index contributed by atoms with van der Waals surface area (Å²) in [7, 11) is 0. The van der Waals surface area contributed by atoms with Crippen LogP contribution in [0.25, 0.3) is 0 Å². The number of likely N-dealkylation sites (N-methyl/N-ethyl adjacent to an activating group) is 1. The van der Waals surface area contributed by atoms with Crippen LogP contribution in [0.15, 0.2) is 29.4 Å². The van der Waals surface area contributed by atoms with E-state index >= 15 is 0 Å². The van der Waals surface area contributed by atoms with Gasteiger partial charge in [-0.2, -0.15) is 0 Å². The van der Waals surface area contributed by atoms with E-state index in [2.05, 4.69) is 10.5 Å². The first kappa shape index (κ1) is 12.0. The van der Waals surface area contributed by atoms with Crippen LogP contribution < -0.4 is 5.32 Å². The molecule has 0 aliphatic rings. The second-order valence-electron chi connectivity index (χ2n) is 3.24. The second kappa shape index (κ2) is 5.73. The van der Waals surface area contributed by atoms with Crippen LogP contribution in [0, 0.1) is 0 Å². The summed E-state index contributed by atoms with van der Waals surface area (Å²) < 4.78 is 0. The van der Waals surface area contributed by atoms with Crippen LogP contribution in [0.4, 0.5) is 0 Å². The molecule has 3 nitrogen and oxygen atoms in total. The van der Waals surface area contributed by atoms with Crippen molar-refractivity contribution in [3.63, 3.8) is 0 Å². The second-order valence-corrected chi connectivity index (χ2v) is 3.65. The Balaban J connectivity index is 2.99. The number of benzene rings is 1. The topological polar surface area (TPSA) is 44.6 Å². The highest BCUT2D eigenvalue weighted by atomic mass is 35.5. The first-order valence-electron chi connectivity index (χ1n) is 4.91. The van der Waals surface area contributed by atoms with Gasteiger partial charge in [-0.05, 0) is 19.5 Å². The van der Waals surface area contributed by atoms with Crippen molar-refractivity contribution in [1.82, 2.24) is 5.32 Å². The lowest BCUT2D eigenvalue weighted by Gasteiger charge is -2.14. The van der Waals surface area contributed by atoms with Gasteiger partial charge < -0.3 is 10.5 Å². The molecule has 4 heteroatoms. The van der Waals surface area contributed by atoms with E-state index in [0.29, 0.717) is 10.7 Å². The minimum Gasteiger partial charge on any atom is -0.411 e. The number of halogens is 1. The molecule has 0 aromatic heterocycles. The van der Waals surface area contributed by atoms with Crippen molar-refractivity contribution < 1.29 is 5.21 Å². The summed E-state index contributed by atoms with van der Waals surface area (Å²) in [4.78, 5) is 0. The molecule has 0 saturated heterocycles. The predicted octanol–water partition coefficient (Wildman–Crippen LogP) is 2.52. The van der Waals surface area contributed by atoms with Gasteiger partial charge in [0.15, 0.2) is 0 Å². The molecular formula is C11H15ClN2O. The molecule has 82 valence electrons. The maximum absolute atomic E-state index is 8.99. The van der Waals surface area contributed by atoms with Gasteiger partial charge in [-0.3, -0.25) is 0 Å². The fraction of sp³-hybridized carbons (Fsp3) is 0.364. The summed E-state index contributed by atoms with van der Waals surface area (Å²) in [6.07, 6.45) is 0. The van der Waals surface area contributed by atoms with E-state index in [9.17, 15) is 0 Å². The number of oxime groups is 1. The molecule has 1 atom stereocenters. The van der Waals surface area contributed by atoms with E-state index in [1.807, 2.05) is 32.0 Å². The molecule has 0 amide bonds. The van der Waals surface area contributed by atoms with Crippen molar-refractivity contribution >= 4 is 17.3 Å². The SMILES string of the molecule is CCNC(C)C(=NO)c1ccccc1Cl. The van der Waals surface area contributed by atoms with Gasteiger partial charge in [-0.15, -0.1) is 0 Å². The van der Waals surface area contributed by atoms with Crippen LogP contribution in [-0.2, 0) is 0 Å². The van der Waals surface area contributed by atoms with Crippen LogP contribution >= 0.6 is 11.6 Å². The van der Waals surface area contributed by atoms with Crippen LogP contribution in [0.3, 0.4) is 0 Å². The Bertz CT molecular complexity index is 352. The Morgan fingerprint density at radius 3 is 2.73 bits per heavy atom. The van der Waals surface area contributed by atoms with E-state index in [-0.39, 0.29) is 6.04 Å². The van der Waals surface area contributed by atoms with Gasteiger partial charge in [0.2, 0.25) is 0 Å². The highest BCUT2D eigenvalue weighted by Gasteiger charge is 2.14. The Morgan fingerprint density at radius 2 is 2.20 bits per heavy atom. The molecule has 0 aliphatic heterocycles. The van der Waals surface area contributed by atoms with Crippen LogP contribution in [0.1, 0.15) is 19.4 Å². The molecule has 1 unspecified atom stereocenters. The van der Waals surface area contributed by atoms with Gasteiger partial charge in [-0.1, -0.05) is 41.9 Å². The largest absolute Gasteiger partial charge is 0.411 e. The minimum atomic E-state index is -0.0279. The van der Waals surface area contributed by atoms with Crippen molar-refractivity contribution in [2.45, 2.75) is 19.9 Å². The summed E-state index contributed by atoms with van der Waals surface area (Å²) in [5, 5.41) is 16.1. The van der Waals surface area contributed by atoms with Crippen LogP contribution in [0.5, 0.6) is 0 Å². The molecule has 2 N–H and O–H groups in total. The Labute approximate surface area is 94.8 Å². The summed E-state index contributed by atoms with van der Waals surface area (Å²) in [5.41, 5.74) is 1.32. The summed E-state index contributed by atoms with van der Waals surface area (Å²) >= 11 is 6.02. The van der Waals surface area contributed by atoms with Crippen molar-refractivity contribution in [2.24, 2.45) is 5.16 Å². The van der Waals surface area contributed by atoms with E-state index in [0.717, 1.165) is 12.1 Å². The van der Waals surface area contributed by atoms with Crippen LogP contribution in [0.2, 0.25) is 5.02 Å². The number of nitrogens with zero attached hydrogens (tertiary/aromatic N) is 1. The average molecular weight is 227 g/mol. The monoisotopic (exact) mass is 226 g/mol.